The number of fused-ring (bicyclic) bond motifs is 2. The Labute approximate surface area is 175 Å². The van der Waals surface area contributed by atoms with Gasteiger partial charge in [0.15, 0.2) is 23.7 Å². The molecule has 32 heavy (non-hydrogen) atoms. The van der Waals surface area contributed by atoms with E-state index in [4.69, 9.17) is 8.83 Å². The average molecular weight is 453 g/mol. The summed E-state index contributed by atoms with van der Waals surface area (Å²) >= 11 is 0. The lowest BCUT2D eigenvalue weighted by atomic mass is 10.0. The van der Waals surface area contributed by atoms with Gasteiger partial charge in [0.2, 0.25) is 11.7 Å². The number of nitrogens with zero attached hydrogens (tertiary/aromatic N) is 4. The summed E-state index contributed by atoms with van der Waals surface area (Å²) < 4.78 is 77.1. The largest absolute Gasteiger partial charge is 0.438 e. The highest BCUT2D eigenvalue weighted by Crippen LogP contribution is 2.39. The van der Waals surface area contributed by atoms with Crippen molar-refractivity contribution >= 4 is 17.0 Å². The number of carbonyl (C=O) groups is 1. The summed E-state index contributed by atoms with van der Waals surface area (Å²) in [5, 5.41) is 0. The number of hydrogen-bond acceptors (Lipinski definition) is 6. The molecule has 166 valence electrons. The van der Waals surface area contributed by atoms with Crippen molar-refractivity contribution in [2.45, 2.75) is 25.1 Å². The average Bonchev–Trinajstić information content (AvgIpc) is 3.49. The molecule has 1 aliphatic rings. The number of aromatic amines is 1. The lowest BCUT2D eigenvalue weighted by molar-refractivity contribution is -0.136. The van der Waals surface area contributed by atoms with Crippen molar-refractivity contribution in [3.8, 4) is 0 Å². The molecule has 1 aromatic carbocycles. The first-order chi connectivity index (χ1) is 15.3. The maximum absolute atomic E-state index is 13.4. The van der Waals surface area contributed by atoms with Crippen molar-refractivity contribution < 1.29 is 35.6 Å². The summed E-state index contributed by atoms with van der Waals surface area (Å²) in [6.45, 7) is 0.0208. The van der Waals surface area contributed by atoms with Crippen LogP contribution in [0.15, 0.2) is 39.8 Å². The van der Waals surface area contributed by atoms with Crippen LogP contribution in [0, 0.1) is 0 Å². The predicted molar refractivity (Wildman–Crippen MR) is 95.6 cm³/mol. The van der Waals surface area contributed by atoms with Crippen molar-refractivity contribution in [1.82, 2.24) is 24.8 Å². The molecule has 4 heterocycles. The van der Waals surface area contributed by atoms with E-state index in [9.17, 15) is 26.7 Å². The molecule has 0 aliphatic carbocycles. The summed E-state index contributed by atoms with van der Waals surface area (Å²) in [4.78, 5) is 28.8. The van der Waals surface area contributed by atoms with Crippen LogP contribution in [-0.4, -0.2) is 37.3 Å². The number of imidazole rings is 1. The molecule has 0 bridgehead atoms. The molecule has 1 aliphatic heterocycles. The number of oxazole rings is 2. The van der Waals surface area contributed by atoms with Gasteiger partial charge >= 0.3 is 6.18 Å². The molecule has 4 aromatic rings. The van der Waals surface area contributed by atoms with Crippen LogP contribution in [0.1, 0.15) is 51.6 Å². The number of nitrogens with one attached hydrogen (secondary N) is 1. The number of rotatable bonds is 3. The minimum atomic E-state index is -4.69. The monoisotopic (exact) mass is 453 g/mol. The van der Waals surface area contributed by atoms with E-state index in [2.05, 4.69) is 19.9 Å². The van der Waals surface area contributed by atoms with Crippen LogP contribution < -0.4 is 0 Å². The molecule has 8 nitrogen and oxygen atoms in total. The summed E-state index contributed by atoms with van der Waals surface area (Å²) in [6, 6.07) is 2.21. The van der Waals surface area contributed by atoms with Gasteiger partial charge in [-0.05, 0) is 12.1 Å². The Bertz CT molecular complexity index is 1310. The SMILES string of the molecule is O=C(c1ocnc1C(F)F)N1CCc2[nH]cnc2[C@H]1c1nc2cccc(C(F)(F)F)c2o1. The Morgan fingerprint density at radius 2 is 2.06 bits per heavy atom. The van der Waals surface area contributed by atoms with Crippen LogP contribution >= 0.6 is 0 Å². The van der Waals surface area contributed by atoms with E-state index in [0.717, 1.165) is 17.4 Å². The fraction of sp³-hybridized carbons (Fsp3) is 0.263. The fourth-order valence-corrected chi connectivity index (χ4v) is 3.75. The van der Waals surface area contributed by atoms with E-state index in [0.29, 0.717) is 12.1 Å². The maximum atomic E-state index is 13.4. The van der Waals surface area contributed by atoms with E-state index in [-0.39, 0.29) is 23.6 Å². The lowest BCUT2D eigenvalue weighted by Crippen LogP contribution is -2.41. The Morgan fingerprint density at radius 1 is 1.25 bits per heavy atom. The fourth-order valence-electron chi connectivity index (χ4n) is 3.75. The van der Waals surface area contributed by atoms with Gasteiger partial charge in [-0.25, -0.2) is 23.7 Å². The van der Waals surface area contributed by atoms with Gasteiger partial charge in [0.05, 0.1) is 12.0 Å². The van der Waals surface area contributed by atoms with Crippen molar-refractivity contribution in [1.29, 1.82) is 0 Å². The summed E-state index contributed by atoms with van der Waals surface area (Å²) in [5.74, 6) is -1.85. The Hall–Kier alpha value is -3.77. The molecular weight excluding hydrogens is 441 g/mol. The molecule has 0 spiro atoms. The van der Waals surface area contributed by atoms with E-state index in [1.165, 1.54) is 18.5 Å². The minimum absolute atomic E-state index is 0.0208. The number of halogens is 5. The van der Waals surface area contributed by atoms with E-state index in [1.54, 1.807) is 0 Å². The van der Waals surface area contributed by atoms with E-state index < -0.39 is 47.2 Å². The van der Waals surface area contributed by atoms with Crippen LogP contribution in [0.2, 0.25) is 0 Å². The van der Waals surface area contributed by atoms with Gasteiger partial charge in [0.25, 0.3) is 12.3 Å². The van der Waals surface area contributed by atoms with Gasteiger partial charge in [0, 0.05) is 18.7 Å². The van der Waals surface area contributed by atoms with E-state index >= 15 is 0 Å². The number of alkyl halides is 5. The van der Waals surface area contributed by atoms with Crippen molar-refractivity contribution in [3.05, 3.63) is 65.2 Å². The van der Waals surface area contributed by atoms with Gasteiger partial charge in [0.1, 0.15) is 11.1 Å². The van der Waals surface area contributed by atoms with Crippen molar-refractivity contribution in [2.75, 3.05) is 6.54 Å². The molecular formula is C19H12F5N5O3. The lowest BCUT2D eigenvalue weighted by Gasteiger charge is -2.32. The minimum Gasteiger partial charge on any atom is -0.438 e. The first-order valence-corrected chi connectivity index (χ1v) is 9.27. The second-order valence-electron chi connectivity index (χ2n) is 6.99. The molecule has 0 saturated carbocycles. The molecule has 5 rings (SSSR count). The summed E-state index contributed by atoms with van der Waals surface area (Å²) in [6.07, 6.45) is -5.38. The number of para-hydroxylation sites is 1. The second-order valence-corrected chi connectivity index (χ2v) is 6.99. The van der Waals surface area contributed by atoms with Gasteiger partial charge in [-0.1, -0.05) is 6.07 Å². The zero-order valence-electron chi connectivity index (χ0n) is 15.9. The number of hydrogen-bond donors (Lipinski definition) is 1. The molecule has 3 aromatic heterocycles. The molecule has 0 unspecified atom stereocenters. The van der Waals surface area contributed by atoms with Crippen molar-refractivity contribution in [3.63, 3.8) is 0 Å². The highest BCUT2D eigenvalue weighted by Gasteiger charge is 2.41. The summed E-state index contributed by atoms with van der Waals surface area (Å²) in [5.41, 5.74) is -1.54. The topological polar surface area (TPSA) is 101 Å². The number of H-pyrrole nitrogens is 1. The van der Waals surface area contributed by atoms with Crippen LogP contribution in [0.4, 0.5) is 22.0 Å². The quantitative estimate of drug-likeness (QED) is 0.465. The first kappa shape index (κ1) is 20.2. The number of carbonyl (C=O) groups excluding carboxylic acids is 1. The highest BCUT2D eigenvalue weighted by molar-refractivity contribution is 5.93. The predicted octanol–water partition coefficient (Wildman–Crippen LogP) is 4.28. The molecule has 0 radical (unpaired) electrons. The number of aromatic nitrogens is 4. The van der Waals surface area contributed by atoms with Crippen LogP contribution in [-0.2, 0) is 12.6 Å². The smallest absolute Gasteiger partial charge is 0.420 e. The summed E-state index contributed by atoms with van der Waals surface area (Å²) in [7, 11) is 0. The van der Waals surface area contributed by atoms with Gasteiger partial charge in [-0.15, -0.1) is 0 Å². The number of benzene rings is 1. The number of amides is 1. The third-order valence-electron chi connectivity index (χ3n) is 5.15. The van der Waals surface area contributed by atoms with Gasteiger partial charge < -0.3 is 18.7 Å². The zero-order valence-corrected chi connectivity index (χ0v) is 15.9. The molecule has 13 heteroatoms. The Morgan fingerprint density at radius 3 is 2.81 bits per heavy atom. The van der Waals surface area contributed by atoms with Crippen molar-refractivity contribution in [2.24, 2.45) is 0 Å². The molecule has 0 saturated heterocycles. The highest BCUT2D eigenvalue weighted by atomic mass is 19.4. The zero-order chi connectivity index (χ0) is 22.6. The second kappa shape index (κ2) is 7.14. The van der Waals surface area contributed by atoms with Crippen LogP contribution in [0.3, 0.4) is 0 Å². The third-order valence-corrected chi connectivity index (χ3v) is 5.15. The molecule has 0 fully saturated rings. The molecule has 1 N–H and O–H groups in total. The van der Waals surface area contributed by atoms with E-state index in [1.807, 2.05) is 0 Å². The Kier molecular flexibility index (Phi) is 4.50. The van der Waals surface area contributed by atoms with Crippen LogP contribution in [0.5, 0.6) is 0 Å². The van der Waals surface area contributed by atoms with Crippen LogP contribution in [0.25, 0.3) is 11.1 Å². The normalized spacial score (nSPS) is 16.7. The Balaban J connectivity index is 1.64. The standard InChI is InChI=1S/C19H12F5N5O3/c20-16(21)12-15(31-7-27-12)18(30)29-5-4-9-11(26-6-25-9)13(29)17-28-10-3-1-2-8(14(10)32-17)19(22,23)24/h1-3,6-7,13,16H,4-5H2,(H,25,26)/t13-/m0/s1. The maximum Gasteiger partial charge on any atom is 0.420 e. The molecule has 1 atom stereocenters. The van der Waals surface area contributed by atoms with Gasteiger partial charge in [-0.2, -0.15) is 13.2 Å². The van der Waals surface area contributed by atoms with Gasteiger partial charge in [-0.3, -0.25) is 4.79 Å². The first-order valence-electron chi connectivity index (χ1n) is 9.27. The third kappa shape index (κ3) is 3.11. The molecule has 1 amide bonds.